The van der Waals surface area contributed by atoms with E-state index in [0.717, 1.165) is 0 Å². The zero-order chi connectivity index (χ0) is 17.0. The lowest BCUT2D eigenvalue weighted by Crippen LogP contribution is -2.52. The molecule has 0 saturated carbocycles. The first-order valence-electron chi connectivity index (χ1n) is 7.62. The highest BCUT2D eigenvalue weighted by molar-refractivity contribution is 6.43. The molecular formula is C16H22Cl3N3O2. The number of carbonyl (C=O) groups excluding carboxylic acids is 2. The molecule has 1 saturated heterocycles. The Morgan fingerprint density at radius 2 is 1.75 bits per heavy atom. The molecule has 1 heterocycles. The van der Waals surface area contributed by atoms with Crippen LogP contribution >= 0.6 is 35.6 Å². The normalized spacial score (nSPS) is 15.7. The third-order valence-corrected chi connectivity index (χ3v) is 4.81. The van der Waals surface area contributed by atoms with Crippen LogP contribution in [0.5, 0.6) is 0 Å². The van der Waals surface area contributed by atoms with Crippen LogP contribution in [0, 0.1) is 5.92 Å². The second kappa shape index (κ2) is 9.47. The van der Waals surface area contributed by atoms with Gasteiger partial charge in [-0.05, 0) is 19.2 Å². The number of benzene rings is 1. The summed E-state index contributed by atoms with van der Waals surface area (Å²) in [5.74, 6) is -0.0928. The van der Waals surface area contributed by atoms with Gasteiger partial charge in [-0.15, -0.1) is 12.4 Å². The minimum absolute atomic E-state index is 0. The topological polar surface area (TPSA) is 52.7 Å². The molecule has 0 aromatic heterocycles. The van der Waals surface area contributed by atoms with Gasteiger partial charge < -0.3 is 15.1 Å². The van der Waals surface area contributed by atoms with Crippen molar-refractivity contribution in [1.82, 2.24) is 15.1 Å². The largest absolute Gasteiger partial charge is 0.339 e. The predicted octanol–water partition coefficient (Wildman–Crippen LogP) is 2.56. The van der Waals surface area contributed by atoms with Crippen molar-refractivity contribution in [3.63, 3.8) is 0 Å². The number of rotatable bonds is 4. The van der Waals surface area contributed by atoms with Gasteiger partial charge in [-0.25, -0.2) is 0 Å². The van der Waals surface area contributed by atoms with E-state index in [0.29, 0.717) is 43.3 Å². The highest BCUT2D eigenvalue weighted by Crippen LogP contribution is 2.26. The zero-order valence-electron chi connectivity index (χ0n) is 13.7. The van der Waals surface area contributed by atoms with E-state index in [1.165, 1.54) is 0 Å². The Labute approximate surface area is 158 Å². The van der Waals surface area contributed by atoms with Gasteiger partial charge in [0.1, 0.15) is 0 Å². The van der Waals surface area contributed by atoms with E-state index < -0.39 is 0 Å². The van der Waals surface area contributed by atoms with E-state index in [9.17, 15) is 9.59 Å². The highest BCUT2D eigenvalue weighted by Gasteiger charge is 2.28. The Kier molecular flexibility index (Phi) is 8.30. The van der Waals surface area contributed by atoms with Crippen molar-refractivity contribution < 1.29 is 9.59 Å². The van der Waals surface area contributed by atoms with Crippen molar-refractivity contribution in [2.75, 3.05) is 39.8 Å². The zero-order valence-corrected chi connectivity index (χ0v) is 16.0. The molecule has 1 aromatic carbocycles. The molecule has 8 heteroatoms. The Balaban J connectivity index is 0.00000288. The van der Waals surface area contributed by atoms with E-state index in [1.807, 2.05) is 18.9 Å². The second-order valence-corrected chi connectivity index (χ2v) is 6.46. The van der Waals surface area contributed by atoms with Gasteiger partial charge in [0.25, 0.3) is 5.91 Å². The monoisotopic (exact) mass is 393 g/mol. The fourth-order valence-corrected chi connectivity index (χ4v) is 3.06. The van der Waals surface area contributed by atoms with Crippen molar-refractivity contribution in [2.45, 2.75) is 6.92 Å². The predicted molar refractivity (Wildman–Crippen MR) is 99.3 cm³/mol. The maximum Gasteiger partial charge on any atom is 0.255 e. The van der Waals surface area contributed by atoms with Crippen LogP contribution in [0.4, 0.5) is 0 Å². The van der Waals surface area contributed by atoms with Crippen LogP contribution in [-0.4, -0.2) is 61.4 Å². The van der Waals surface area contributed by atoms with Gasteiger partial charge in [-0.1, -0.05) is 36.2 Å². The third-order valence-electron chi connectivity index (χ3n) is 3.99. The Hall–Kier alpha value is -1.01. The Morgan fingerprint density at radius 3 is 2.33 bits per heavy atom. The molecule has 1 aliphatic heterocycles. The quantitative estimate of drug-likeness (QED) is 0.854. The van der Waals surface area contributed by atoms with Crippen molar-refractivity contribution in [1.29, 1.82) is 0 Å². The smallest absolute Gasteiger partial charge is 0.255 e. The standard InChI is InChI=1S/C16H21Cl2N3O2.ClH/c1-11(10-19-2)15(22)20-6-8-21(9-7-20)16(23)12-4-3-5-13(17)14(12)18;/h3-5,11,19H,6-10H2,1-2H3;1H. The number of hydrogen-bond acceptors (Lipinski definition) is 3. The van der Waals surface area contributed by atoms with Crippen LogP contribution in [0.25, 0.3) is 0 Å². The SMILES string of the molecule is CNCC(C)C(=O)N1CCN(C(=O)c2cccc(Cl)c2Cl)CC1.Cl. The van der Waals surface area contributed by atoms with Gasteiger partial charge in [0.05, 0.1) is 15.6 Å². The number of piperazine rings is 1. The molecule has 0 bridgehead atoms. The molecule has 0 radical (unpaired) electrons. The Bertz CT molecular complexity index is 590. The number of hydrogen-bond donors (Lipinski definition) is 1. The van der Waals surface area contributed by atoms with Gasteiger partial charge in [0, 0.05) is 38.6 Å². The van der Waals surface area contributed by atoms with Crippen LogP contribution < -0.4 is 5.32 Å². The fraction of sp³-hybridized carbons (Fsp3) is 0.500. The van der Waals surface area contributed by atoms with Gasteiger partial charge in [-0.2, -0.15) is 0 Å². The second-order valence-electron chi connectivity index (χ2n) is 5.68. The van der Waals surface area contributed by atoms with Crippen molar-refractivity contribution >= 4 is 47.4 Å². The average Bonchev–Trinajstić information content (AvgIpc) is 2.56. The number of carbonyl (C=O) groups is 2. The first-order chi connectivity index (χ1) is 11.0. The first-order valence-corrected chi connectivity index (χ1v) is 8.38. The number of amides is 2. The van der Waals surface area contributed by atoms with Crippen molar-refractivity contribution in [3.05, 3.63) is 33.8 Å². The lowest BCUT2D eigenvalue weighted by molar-refractivity contribution is -0.136. The lowest BCUT2D eigenvalue weighted by Gasteiger charge is -2.36. The van der Waals surface area contributed by atoms with Gasteiger partial charge in [0.15, 0.2) is 0 Å². The number of nitrogens with one attached hydrogen (secondary N) is 1. The molecular weight excluding hydrogens is 373 g/mol. The van der Waals surface area contributed by atoms with Crippen molar-refractivity contribution in [2.24, 2.45) is 5.92 Å². The number of nitrogens with zero attached hydrogens (tertiary/aromatic N) is 2. The molecule has 134 valence electrons. The van der Waals surface area contributed by atoms with Crippen LogP contribution in [0.1, 0.15) is 17.3 Å². The van der Waals surface area contributed by atoms with E-state index in [2.05, 4.69) is 5.32 Å². The molecule has 1 fully saturated rings. The lowest BCUT2D eigenvalue weighted by atomic mass is 10.1. The van der Waals surface area contributed by atoms with Crippen molar-refractivity contribution in [3.8, 4) is 0 Å². The fourth-order valence-electron chi connectivity index (χ4n) is 2.67. The van der Waals surface area contributed by atoms with Crippen LogP contribution in [0.3, 0.4) is 0 Å². The van der Waals surface area contributed by atoms with Gasteiger partial charge in [0.2, 0.25) is 5.91 Å². The van der Waals surface area contributed by atoms with E-state index >= 15 is 0 Å². The summed E-state index contributed by atoms with van der Waals surface area (Å²) in [6.07, 6.45) is 0. The average molecular weight is 395 g/mol. The molecule has 2 rings (SSSR count). The summed E-state index contributed by atoms with van der Waals surface area (Å²) < 4.78 is 0. The minimum atomic E-state index is -0.145. The van der Waals surface area contributed by atoms with Gasteiger partial charge in [-0.3, -0.25) is 9.59 Å². The van der Waals surface area contributed by atoms with Crippen LogP contribution in [0.2, 0.25) is 10.0 Å². The molecule has 24 heavy (non-hydrogen) atoms. The van der Waals surface area contributed by atoms with E-state index in [4.69, 9.17) is 23.2 Å². The molecule has 1 N–H and O–H groups in total. The third kappa shape index (κ3) is 4.76. The molecule has 5 nitrogen and oxygen atoms in total. The highest BCUT2D eigenvalue weighted by atomic mass is 35.5. The molecule has 1 aromatic rings. The molecule has 1 atom stereocenters. The molecule has 1 unspecified atom stereocenters. The molecule has 2 amide bonds. The summed E-state index contributed by atoms with van der Waals surface area (Å²) in [5, 5.41) is 3.65. The van der Waals surface area contributed by atoms with Crippen LogP contribution in [-0.2, 0) is 4.79 Å². The summed E-state index contributed by atoms with van der Waals surface area (Å²) in [7, 11) is 1.83. The first kappa shape index (κ1) is 21.0. The summed E-state index contributed by atoms with van der Waals surface area (Å²) in [5.41, 5.74) is 0.405. The molecule has 0 aliphatic carbocycles. The summed E-state index contributed by atoms with van der Waals surface area (Å²) in [6.45, 7) is 4.63. The maximum atomic E-state index is 12.6. The summed E-state index contributed by atoms with van der Waals surface area (Å²) in [4.78, 5) is 28.4. The Morgan fingerprint density at radius 1 is 1.17 bits per heavy atom. The number of halogens is 3. The molecule has 1 aliphatic rings. The molecule has 0 spiro atoms. The van der Waals surface area contributed by atoms with E-state index in [1.54, 1.807) is 23.1 Å². The summed E-state index contributed by atoms with van der Waals surface area (Å²) in [6, 6.07) is 5.03. The van der Waals surface area contributed by atoms with Crippen LogP contribution in [0.15, 0.2) is 18.2 Å². The van der Waals surface area contributed by atoms with E-state index in [-0.39, 0.29) is 35.2 Å². The minimum Gasteiger partial charge on any atom is -0.339 e. The maximum absolute atomic E-state index is 12.6. The summed E-state index contributed by atoms with van der Waals surface area (Å²) >= 11 is 12.1. The van der Waals surface area contributed by atoms with Gasteiger partial charge >= 0.3 is 0 Å².